The normalized spacial score (nSPS) is 12.0. The zero-order valence-corrected chi connectivity index (χ0v) is 29.9. The van der Waals surface area contributed by atoms with Crippen LogP contribution in [0.15, 0.2) is 199 Å². The molecule has 0 bridgehead atoms. The third-order valence-corrected chi connectivity index (χ3v) is 11.8. The molecule has 0 unspecified atom stereocenters. The molecule has 0 atom stereocenters. The topological polar surface area (TPSA) is 13.1 Å². The minimum Gasteiger partial charge on any atom is -0.456 e. The standard InChI is InChI=1S/C54H32O/c1-2-10-41-39(9-1)31-49(46-15-7-3-11-42(41)46)40-23-26-54-52(32-40)51-30-38(22-25-53(51)55-54)36-20-18-33-27-35(19-17-34(33)28-36)37-21-24-48-45-14-5-4-12-43(45)44-13-6-8-16-47(44)50(48)29-37/h1-32H. The first kappa shape index (κ1) is 30.3. The van der Waals surface area contributed by atoms with E-state index in [-0.39, 0.29) is 0 Å². The van der Waals surface area contributed by atoms with Crippen LogP contribution in [0.1, 0.15) is 0 Å². The summed E-state index contributed by atoms with van der Waals surface area (Å²) in [4.78, 5) is 0. The van der Waals surface area contributed by atoms with Gasteiger partial charge in [-0.15, -0.1) is 0 Å². The van der Waals surface area contributed by atoms with E-state index in [2.05, 4.69) is 194 Å². The van der Waals surface area contributed by atoms with Crippen LogP contribution >= 0.6 is 0 Å². The van der Waals surface area contributed by atoms with Crippen molar-refractivity contribution >= 4 is 86.6 Å². The zero-order chi connectivity index (χ0) is 36.0. The van der Waals surface area contributed by atoms with Crippen molar-refractivity contribution in [1.82, 2.24) is 0 Å². The summed E-state index contributed by atoms with van der Waals surface area (Å²) in [6, 6.07) is 71.1. The SMILES string of the molecule is c1ccc2c(c1)cc(-c1ccc3oc4ccc(-c5ccc6cc(-c7ccc8c9ccccc9c9ccccc9c8c7)ccc6c5)cc4c3c1)c1ccccc12. The number of hydrogen-bond acceptors (Lipinski definition) is 1. The highest BCUT2D eigenvalue weighted by Crippen LogP contribution is 2.41. The van der Waals surface area contributed by atoms with Gasteiger partial charge >= 0.3 is 0 Å². The molecule has 1 heteroatoms. The van der Waals surface area contributed by atoms with Crippen molar-refractivity contribution in [3.05, 3.63) is 194 Å². The van der Waals surface area contributed by atoms with Crippen LogP contribution in [-0.2, 0) is 0 Å². The summed E-state index contributed by atoms with van der Waals surface area (Å²) >= 11 is 0. The largest absolute Gasteiger partial charge is 0.456 e. The van der Waals surface area contributed by atoms with Crippen molar-refractivity contribution in [2.45, 2.75) is 0 Å². The Labute approximate surface area is 317 Å². The van der Waals surface area contributed by atoms with E-state index >= 15 is 0 Å². The van der Waals surface area contributed by atoms with E-state index in [1.165, 1.54) is 98.0 Å². The minimum atomic E-state index is 0.904. The molecular weight excluding hydrogens is 665 g/mol. The van der Waals surface area contributed by atoms with Crippen LogP contribution in [0.5, 0.6) is 0 Å². The van der Waals surface area contributed by atoms with Gasteiger partial charge in [-0.25, -0.2) is 0 Å². The molecule has 0 aliphatic carbocycles. The van der Waals surface area contributed by atoms with Crippen molar-refractivity contribution in [2.75, 3.05) is 0 Å². The fraction of sp³-hybridized carbons (Fsp3) is 0. The van der Waals surface area contributed by atoms with Gasteiger partial charge in [-0.1, -0.05) is 146 Å². The molecule has 0 N–H and O–H groups in total. The van der Waals surface area contributed by atoms with Crippen molar-refractivity contribution in [3.63, 3.8) is 0 Å². The Balaban J connectivity index is 0.937. The Bertz CT molecular complexity index is 3510. The highest BCUT2D eigenvalue weighted by Gasteiger charge is 2.14. The van der Waals surface area contributed by atoms with Gasteiger partial charge in [0.25, 0.3) is 0 Å². The highest BCUT2D eigenvalue weighted by molar-refractivity contribution is 6.26. The summed E-state index contributed by atoms with van der Waals surface area (Å²) in [5.74, 6) is 0. The molecule has 11 aromatic carbocycles. The van der Waals surface area contributed by atoms with E-state index in [9.17, 15) is 0 Å². The Morgan fingerprint density at radius 3 is 1.24 bits per heavy atom. The number of rotatable bonds is 3. The van der Waals surface area contributed by atoms with Crippen LogP contribution in [0.2, 0.25) is 0 Å². The number of hydrogen-bond donors (Lipinski definition) is 0. The van der Waals surface area contributed by atoms with Gasteiger partial charge in [0, 0.05) is 10.8 Å². The maximum Gasteiger partial charge on any atom is 0.135 e. The molecule has 0 fully saturated rings. The van der Waals surface area contributed by atoms with Crippen LogP contribution in [0.4, 0.5) is 0 Å². The van der Waals surface area contributed by atoms with E-state index < -0.39 is 0 Å². The first-order chi connectivity index (χ1) is 27.2. The Morgan fingerprint density at radius 1 is 0.218 bits per heavy atom. The molecular formula is C54H32O. The maximum absolute atomic E-state index is 6.39. The van der Waals surface area contributed by atoms with Crippen molar-refractivity contribution < 1.29 is 4.42 Å². The molecule has 0 aliphatic heterocycles. The van der Waals surface area contributed by atoms with Crippen LogP contribution in [0, 0.1) is 0 Å². The van der Waals surface area contributed by atoms with Crippen molar-refractivity contribution in [2.24, 2.45) is 0 Å². The molecule has 12 rings (SSSR count). The number of fused-ring (bicyclic) bond motifs is 13. The summed E-state index contributed by atoms with van der Waals surface area (Å²) in [6.07, 6.45) is 0. The fourth-order valence-corrected chi connectivity index (χ4v) is 9.11. The van der Waals surface area contributed by atoms with Crippen molar-refractivity contribution in [3.8, 4) is 33.4 Å². The lowest BCUT2D eigenvalue weighted by molar-refractivity contribution is 0.669. The quantitative estimate of drug-likeness (QED) is 0.168. The summed E-state index contributed by atoms with van der Waals surface area (Å²) in [5, 5.41) is 17.6. The summed E-state index contributed by atoms with van der Waals surface area (Å²) in [7, 11) is 0. The van der Waals surface area contributed by atoms with E-state index in [4.69, 9.17) is 4.42 Å². The van der Waals surface area contributed by atoms with E-state index in [1.54, 1.807) is 0 Å². The van der Waals surface area contributed by atoms with Gasteiger partial charge in [0.1, 0.15) is 11.2 Å². The lowest BCUT2D eigenvalue weighted by Crippen LogP contribution is -1.85. The molecule has 55 heavy (non-hydrogen) atoms. The third-order valence-electron chi connectivity index (χ3n) is 11.8. The summed E-state index contributed by atoms with van der Waals surface area (Å²) in [6.45, 7) is 0. The van der Waals surface area contributed by atoms with E-state index in [1.807, 2.05) is 0 Å². The second-order valence-electron chi connectivity index (χ2n) is 14.8. The van der Waals surface area contributed by atoms with Crippen LogP contribution in [0.3, 0.4) is 0 Å². The summed E-state index contributed by atoms with van der Waals surface area (Å²) < 4.78 is 6.39. The fourth-order valence-electron chi connectivity index (χ4n) is 9.11. The summed E-state index contributed by atoms with van der Waals surface area (Å²) in [5.41, 5.74) is 9.06. The second-order valence-corrected chi connectivity index (χ2v) is 14.8. The molecule has 1 heterocycles. The molecule has 12 aromatic rings. The van der Waals surface area contributed by atoms with Crippen LogP contribution in [0.25, 0.3) is 120 Å². The molecule has 1 aromatic heterocycles. The lowest BCUT2D eigenvalue weighted by atomic mass is 9.91. The molecule has 0 spiro atoms. The molecule has 254 valence electrons. The average Bonchev–Trinajstić information content (AvgIpc) is 3.63. The van der Waals surface area contributed by atoms with Crippen LogP contribution in [-0.4, -0.2) is 0 Å². The van der Waals surface area contributed by atoms with Gasteiger partial charge < -0.3 is 4.42 Å². The van der Waals surface area contributed by atoms with Gasteiger partial charge in [0.15, 0.2) is 0 Å². The predicted molar refractivity (Wildman–Crippen MR) is 235 cm³/mol. The molecule has 1 nitrogen and oxygen atoms in total. The van der Waals surface area contributed by atoms with Gasteiger partial charge in [0.2, 0.25) is 0 Å². The first-order valence-corrected chi connectivity index (χ1v) is 19.0. The smallest absolute Gasteiger partial charge is 0.135 e. The molecule has 0 saturated carbocycles. The van der Waals surface area contributed by atoms with Gasteiger partial charge in [-0.3, -0.25) is 0 Å². The number of furan rings is 1. The van der Waals surface area contributed by atoms with Gasteiger partial charge in [-0.2, -0.15) is 0 Å². The monoisotopic (exact) mass is 696 g/mol. The third kappa shape index (κ3) is 4.67. The molecule has 0 saturated heterocycles. The van der Waals surface area contributed by atoms with Gasteiger partial charge in [-0.05, 0) is 147 Å². The average molecular weight is 697 g/mol. The van der Waals surface area contributed by atoms with Gasteiger partial charge in [0.05, 0.1) is 0 Å². The lowest BCUT2D eigenvalue weighted by Gasteiger charge is -2.12. The zero-order valence-electron chi connectivity index (χ0n) is 29.9. The predicted octanol–water partition coefficient (Wildman–Crippen LogP) is 15.5. The molecule has 0 aliphatic rings. The van der Waals surface area contributed by atoms with E-state index in [0.717, 1.165) is 21.9 Å². The molecule has 0 amide bonds. The second kappa shape index (κ2) is 11.6. The molecule has 0 radical (unpaired) electrons. The first-order valence-electron chi connectivity index (χ1n) is 19.0. The van der Waals surface area contributed by atoms with Crippen LogP contribution < -0.4 is 0 Å². The van der Waals surface area contributed by atoms with E-state index in [0.29, 0.717) is 0 Å². The number of benzene rings is 11. The Hall–Kier alpha value is -7.22. The highest BCUT2D eigenvalue weighted by atomic mass is 16.3. The van der Waals surface area contributed by atoms with Crippen molar-refractivity contribution in [1.29, 1.82) is 0 Å². The minimum absolute atomic E-state index is 0.904. The maximum atomic E-state index is 6.39. The Morgan fingerprint density at radius 2 is 0.618 bits per heavy atom. The Kier molecular flexibility index (Phi) is 6.40.